The zero-order valence-electron chi connectivity index (χ0n) is 18.9. The van der Waals surface area contributed by atoms with Gasteiger partial charge in [-0.1, -0.05) is 39.0 Å². The van der Waals surface area contributed by atoms with Crippen molar-refractivity contribution in [3.63, 3.8) is 0 Å². The minimum Gasteiger partial charge on any atom is -0.460 e. The standard InChI is InChI=1S/C22H26FN3O2.C2H6/c1-6-16-12(4)20(24)19-18(14-9-7-8-10-15(14)23)17(22(27)28-11(2)3)13(5)25-21(19)26-16;1-2/h7-11,18H,6H2,1-5H3,(H3,24,25,26);1-2H3. The van der Waals surface area contributed by atoms with E-state index in [4.69, 9.17) is 15.5 Å². The molecule has 6 heteroatoms. The number of esters is 1. The van der Waals surface area contributed by atoms with Gasteiger partial charge in [-0.05, 0) is 45.7 Å². The second kappa shape index (κ2) is 9.74. The van der Waals surface area contributed by atoms with Gasteiger partial charge >= 0.3 is 5.97 Å². The summed E-state index contributed by atoms with van der Waals surface area (Å²) in [5.74, 6) is -1.03. The van der Waals surface area contributed by atoms with E-state index < -0.39 is 17.7 Å². The van der Waals surface area contributed by atoms with Crippen LogP contribution in [-0.2, 0) is 16.0 Å². The highest BCUT2D eigenvalue weighted by molar-refractivity contribution is 5.95. The third-order valence-corrected chi connectivity index (χ3v) is 5.03. The van der Waals surface area contributed by atoms with E-state index in [1.807, 2.05) is 27.7 Å². The minimum absolute atomic E-state index is 0.296. The Balaban J connectivity index is 0.00000155. The number of carbonyl (C=O) groups is 1. The number of nitrogens with zero attached hydrogens (tertiary/aromatic N) is 1. The maximum atomic E-state index is 14.8. The van der Waals surface area contributed by atoms with Gasteiger partial charge in [-0.25, -0.2) is 14.2 Å². The summed E-state index contributed by atoms with van der Waals surface area (Å²) in [5, 5.41) is 3.19. The lowest BCUT2D eigenvalue weighted by atomic mass is 9.80. The predicted molar refractivity (Wildman–Crippen MR) is 120 cm³/mol. The normalized spacial score (nSPS) is 15.2. The van der Waals surface area contributed by atoms with Crippen LogP contribution in [-0.4, -0.2) is 17.1 Å². The molecule has 0 aliphatic carbocycles. The van der Waals surface area contributed by atoms with Gasteiger partial charge in [-0.3, -0.25) is 0 Å². The predicted octanol–water partition coefficient (Wildman–Crippen LogP) is 5.48. The Morgan fingerprint density at radius 2 is 1.90 bits per heavy atom. The highest BCUT2D eigenvalue weighted by Gasteiger charge is 2.37. The van der Waals surface area contributed by atoms with Crippen molar-refractivity contribution >= 4 is 17.5 Å². The number of rotatable bonds is 4. The average Bonchev–Trinajstić information content (AvgIpc) is 2.71. The monoisotopic (exact) mass is 413 g/mol. The zero-order valence-corrected chi connectivity index (χ0v) is 18.9. The maximum absolute atomic E-state index is 14.8. The van der Waals surface area contributed by atoms with Crippen molar-refractivity contribution in [1.82, 2.24) is 4.98 Å². The third-order valence-electron chi connectivity index (χ3n) is 5.03. The van der Waals surface area contributed by atoms with Crippen molar-refractivity contribution in [2.24, 2.45) is 0 Å². The Morgan fingerprint density at radius 3 is 2.47 bits per heavy atom. The molecule has 1 aromatic heterocycles. The van der Waals surface area contributed by atoms with Crippen molar-refractivity contribution in [1.29, 1.82) is 0 Å². The molecular weight excluding hydrogens is 381 g/mol. The number of allylic oxidation sites excluding steroid dienone is 1. The number of aryl methyl sites for hydroxylation is 1. The molecule has 0 spiro atoms. The summed E-state index contributed by atoms with van der Waals surface area (Å²) < 4.78 is 20.3. The number of hydrogen-bond acceptors (Lipinski definition) is 5. The Kier molecular flexibility index (Phi) is 7.59. The Morgan fingerprint density at radius 1 is 1.27 bits per heavy atom. The molecule has 1 aliphatic rings. The lowest BCUT2D eigenvalue weighted by Gasteiger charge is -2.32. The SMILES string of the molecule is CC.CCc1nc2c(c(N)c1C)C(c1ccccc1F)C(C(=O)OC(C)C)=C(C)N2. The molecule has 0 saturated carbocycles. The summed E-state index contributed by atoms with van der Waals surface area (Å²) in [6.45, 7) is 13.2. The van der Waals surface area contributed by atoms with E-state index in [-0.39, 0.29) is 6.10 Å². The number of nitrogen functional groups attached to an aromatic ring is 1. The first-order chi connectivity index (χ1) is 14.3. The average molecular weight is 414 g/mol. The first kappa shape index (κ1) is 23.4. The van der Waals surface area contributed by atoms with Gasteiger partial charge in [0.05, 0.1) is 17.6 Å². The van der Waals surface area contributed by atoms with E-state index >= 15 is 0 Å². The van der Waals surface area contributed by atoms with Gasteiger partial charge in [0.2, 0.25) is 0 Å². The molecule has 0 saturated heterocycles. The van der Waals surface area contributed by atoms with Gasteiger partial charge in [-0.15, -0.1) is 0 Å². The smallest absolute Gasteiger partial charge is 0.337 e. The molecule has 0 fully saturated rings. The van der Waals surface area contributed by atoms with E-state index in [1.165, 1.54) is 6.07 Å². The van der Waals surface area contributed by atoms with E-state index in [0.29, 0.717) is 33.9 Å². The van der Waals surface area contributed by atoms with E-state index in [1.54, 1.807) is 39.0 Å². The first-order valence-electron chi connectivity index (χ1n) is 10.5. The molecule has 30 heavy (non-hydrogen) atoms. The topological polar surface area (TPSA) is 77.2 Å². The fourth-order valence-corrected chi connectivity index (χ4v) is 3.67. The summed E-state index contributed by atoms with van der Waals surface area (Å²) in [6.07, 6.45) is 0.426. The van der Waals surface area contributed by atoms with Gasteiger partial charge in [0.25, 0.3) is 0 Å². The summed E-state index contributed by atoms with van der Waals surface area (Å²) >= 11 is 0. The number of hydrogen-bond donors (Lipinski definition) is 2. The van der Waals surface area contributed by atoms with Crippen LogP contribution < -0.4 is 11.1 Å². The van der Waals surface area contributed by atoms with Crippen LogP contribution in [0, 0.1) is 12.7 Å². The zero-order chi connectivity index (χ0) is 22.6. The highest BCUT2D eigenvalue weighted by atomic mass is 19.1. The minimum atomic E-state index is -0.694. The van der Waals surface area contributed by atoms with E-state index in [2.05, 4.69) is 5.32 Å². The molecule has 0 radical (unpaired) electrons. The molecule has 3 N–H and O–H groups in total. The van der Waals surface area contributed by atoms with Gasteiger partial charge in [0, 0.05) is 28.2 Å². The lowest BCUT2D eigenvalue weighted by Crippen LogP contribution is -2.28. The number of nitrogens with two attached hydrogens (primary N) is 1. The van der Waals surface area contributed by atoms with Crippen LogP contribution >= 0.6 is 0 Å². The molecule has 0 amide bonds. The number of nitrogens with one attached hydrogen (secondary N) is 1. The Hall–Kier alpha value is -2.89. The molecule has 3 rings (SSSR count). The summed E-state index contributed by atoms with van der Waals surface area (Å²) in [5.41, 5.74) is 10.7. The number of fused-ring (bicyclic) bond motifs is 1. The van der Waals surface area contributed by atoms with Crippen molar-refractivity contribution in [2.75, 3.05) is 11.1 Å². The van der Waals surface area contributed by atoms with Gasteiger partial charge in [0.1, 0.15) is 11.6 Å². The van der Waals surface area contributed by atoms with Crippen LogP contribution in [0.15, 0.2) is 35.5 Å². The maximum Gasteiger partial charge on any atom is 0.337 e. The molecule has 1 unspecified atom stereocenters. The number of pyridine rings is 1. The number of halogens is 1. The van der Waals surface area contributed by atoms with Crippen molar-refractivity contribution < 1.29 is 13.9 Å². The van der Waals surface area contributed by atoms with Crippen LogP contribution in [0.1, 0.15) is 69.8 Å². The summed E-state index contributed by atoms with van der Waals surface area (Å²) in [7, 11) is 0. The summed E-state index contributed by atoms with van der Waals surface area (Å²) in [6, 6.07) is 6.43. The third kappa shape index (κ3) is 4.32. The van der Waals surface area contributed by atoms with Crippen molar-refractivity contribution in [2.45, 2.75) is 66.9 Å². The molecule has 2 heterocycles. The van der Waals surface area contributed by atoms with Crippen LogP contribution in [0.4, 0.5) is 15.9 Å². The number of aromatic nitrogens is 1. The second-order valence-electron chi connectivity index (χ2n) is 7.29. The second-order valence-corrected chi connectivity index (χ2v) is 7.29. The van der Waals surface area contributed by atoms with Gasteiger partial charge in [-0.2, -0.15) is 0 Å². The van der Waals surface area contributed by atoms with Crippen LogP contribution in [0.25, 0.3) is 0 Å². The van der Waals surface area contributed by atoms with Crippen LogP contribution in [0.5, 0.6) is 0 Å². The van der Waals surface area contributed by atoms with Crippen molar-refractivity contribution in [3.05, 3.63) is 63.7 Å². The fourth-order valence-electron chi connectivity index (χ4n) is 3.67. The largest absolute Gasteiger partial charge is 0.460 e. The van der Waals surface area contributed by atoms with Gasteiger partial charge < -0.3 is 15.8 Å². The number of ether oxygens (including phenoxy) is 1. The van der Waals surface area contributed by atoms with E-state index in [9.17, 15) is 9.18 Å². The first-order valence-corrected chi connectivity index (χ1v) is 10.5. The molecule has 1 aromatic carbocycles. The molecule has 2 aromatic rings. The molecule has 0 bridgehead atoms. The molecular formula is C24H32FN3O2. The molecule has 1 aliphatic heterocycles. The lowest BCUT2D eigenvalue weighted by molar-refractivity contribution is -0.143. The van der Waals surface area contributed by atoms with Crippen LogP contribution in [0.3, 0.4) is 0 Å². The Bertz CT molecular complexity index is 967. The quantitative estimate of drug-likeness (QED) is 0.649. The number of carbonyl (C=O) groups excluding carboxylic acids is 1. The molecule has 5 nitrogen and oxygen atoms in total. The summed E-state index contributed by atoms with van der Waals surface area (Å²) in [4.78, 5) is 17.6. The number of benzene rings is 1. The van der Waals surface area contributed by atoms with Crippen LogP contribution in [0.2, 0.25) is 0 Å². The fraction of sp³-hybridized carbons (Fsp3) is 0.417. The van der Waals surface area contributed by atoms with E-state index in [0.717, 1.165) is 17.7 Å². The molecule has 1 atom stereocenters. The molecule has 162 valence electrons. The van der Waals surface area contributed by atoms with Crippen molar-refractivity contribution in [3.8, 4) is 0 Å². The van der Waals surface area contributed by atoms with Gasteiger partial charge in [0.15, 0.2) is 0 Å². The highest BCUT2D eigenvalue weighted by Crippen LogP contribution is 2.46. The Labute approximate surface area is 178 Å². The number of anilines is 2.